The highest BCUT2D eigenvalue weighted by molar-refractivity contribution is 7.99. The third kappa shape index (κ3) is 3.73. The second-order valence-electron chi connectivity index (χ2n) is 7.35. The Hall–Kier alpha value is -2.29. The summed E-state index contributed by atoms with van der Waals surface area (Å²) in [6.45, 7) is 4.55. The minimum atomic E-state index is 0.00887. The second kappa shape index (κ2) is 7.75. The molecular weight excluding hydrogens is 354 g/mol. The van der Waals surface area contributed by atoms with Crippen LogP contribution in [0.3, 0.4) is 0 Å². The van der Waals surface area contributed by atoms with Gasteiger partial charge in [0.2, 0.25) is 0 Å². The van der Waals surface area contributed by atoms with Crippen LogP contribution in [0.25, 0.3) is 0 Å². The molecule has 0 radical (unpaired) electrons. The van der Waals surface area contributed by atoms with Crippen molar-refractivity contribution >= 4 is 17.7 Å². The summed E-state index contributed by atoms with van der Waals surface area (Å²) in [6.07, 6.45) is 2.37. The van der Waals surface area contributed by atoms with E-state index in [1.807, 2.05) is 48.5 Å². The van der Waals surface area contributed by atoms with Crippen LogP contribution in [0.1, 0.15) is 35.7 Å². The Balaban J connectivity index is 1.43. The zero-order valence-corrected chi connectivity index (χ0v) is 16.2. The molecule has 1 N–H and O–H groups in total. The van der Waals surface area contributed by atoms with E-state index in [2.05, 4.69) is 23.2 Å². The zero-order chi connectivity index (χ0) is 18.8. The first-order valence-corrected chi connectivity index (χ1v) is 10.3. The fourth-order valence-corrected chi connectivity index (χ4v) is 5.13. The number of hydrogen-bond acceptors (Lipinski definition) is 4. The topological polar surface area (TPSA) is 56.1 Å². The predicted molar refractivity (Wildman–Crippen MR) is 107 cm³/mol. The van der Waals surface area contributed by atoms with Crippen molar-refractivity contribution in [3.8, 4) is 6.07 Å². The highest BCUT2D eigenvalue weighted by Gasteiger charge is 2.40. The van der Waals surface area contributed by atoms with Crippen LogP contribution in [0.2, 0.25) is 0 Å². The smallest absolute Gasteiger partial charge is 0.251 e. The first-order chi connectivity index (χ1) is 13.2. The first kappa shape index (κ1) is 18.1. The molecule has 5 rings (SSSR count). The average molecular weight is 378 g/mol. The summed E-state index contributed by atoms with van der Waals surface area (Å²) in [6, 6.07) is 18.1. The molecule has 4 nitrogen and oxygen atoms in total. The number of fused-ring (bicyclic) bond motifs is 3. The van der Waals surface area contributed by atoms with Gasteiger partial charge in [-0.15, -0.1) is 0 Å². The van der Waals surface area contributed by atoms with Crippen molar-refractivity contribution in [1.29, 1.82) is 5.26 Å². The van der Waals surface area contributed by atoms with E-state index >= 15 is 0 Å². The molecule has 5 heteroatoms. The molecule has 3 saturated heterocycles. The summed E-state index contributed by atoms with van der Waals surface area (Å²) in [5, 5.41) is 12.5. The summed E-state index contributed by atoms with van der Waals surface area (Å²) in [5.41, 5.74) is 1.36. The lowest BCUT2D eigenvalue weighted by atomic mass is 9.79. The van der Waals surface area contributed by atoms with E-state index in [9.17, 15) is 10.1 Å². The number of piperidine rings is 3. The molecular formula is C22H23N3OS. The maximum absolute atomic E-state index is 12.7. The fourth-order valence-electron chi connectivity index (χ4n) is 4.23. The Morgan fingerprint density at radius 1 is 1.15 bits per heavy atom. The van der Waals surface area contributed by atoms with Crippen LogP contribution in [0, 0.1) is 17.2 Å². The van der Waals surface area contributed by atoms with Gasteiger partial charge in [0.1, 0.15) is 6.07 Å². The number of benzene rings is 2. The second-order valence-corrected chi connectivity index (χ2v) is 8.46. The molecule has 138 valence electrons. The van der Waals surface area contributed by atoms with Gasteiger partial charge in [-0.3, -0.25) is 9.69 Å². The van der Waals surface area contributed by atoms with Gasteiger partial charge in [-0.1, -0.05) is 23.9 Å². The summed E-state index contributed by atoms with van der Waals surface area (Å²) >= 11 is 1.54. The van der Waals surface area contributed by atoms with Crippen molar-refractivity contribution in [2.75, 3.05) is 13.1 Å². The van der Waals surface area contributed by atoms with Gasteiger partial charge in [0.05, 0.1) is 5.56 Å². The Bertz CT molecular complexity index is 864. The number of carbonyl (C=O) groups is 1. The third-order valence-corrected chi connectivity index (χ3v) is 6.91. The quantitative estimate of drug-likeness (QED) is 0.877. The van der Waals surface area contributed by atoms with E-state index in [-0.39, 0.29) is 11.9 Å². The highest BCUT2D eigenvalue weighted by Crippen LogP contribution is 2.33. The minimum Gasteiger partial charge on any atom is -0.347 e. The Kier molecular flexibility index (Phi) is 5.20. The number of nitrogens with zero attached hydrogens (tertiary/aromatic N) is 2. The van der Waals surface area contributed by atoms with Gasteiger partial charge in [0, 0.05) is 27.4 Å². The summed E-state index contributed by atoms with van der Waals surface area (Å²) in [7, 11) is 0. The maximum atomic E-state index is 12.7. The molecule has 2 bridgehead atoms. The van der Waals surface area contributed by atoms with Crippen LogP contribution >= 0.6 is 11.8 Å². The fraction of sp³-hybridized carbons (Fsp3) is 0.364. The summed E-state index contributed by atoms with van der Waals surface area (Å²) < 4.78 is 0. The van der Waals surface area contributed by atoms with E-state index in [1.165, 1.54) is 12.8 Å². The molecule has 2 unspecified atom stereocenters. The molecule has 2 atom stereocenters. The number of nitrogens with one attached hydrogen (secondary N) is 1. The van der Waals surface area contributed by atoms with Crippen LogP contribution in [-0.4, -0.2) is 36.0 Å². The van der Waals surface area contributed by atoms with Crippen LogP contribution in [0.4, 0.5) is 0 Å². The summed E-state index contributed by atoms with van der Waals surface area (Å²) in [5.74, 6) is 0.612. The number of nitriles is 1. The molecule has 3 aliphatic rings. The van der Waals surface area contributed by atoms with Crippen LogP contribution in [-0.2, 0) is 0 Å². The van der Waals surface area contributed by atoms with Gasteiger partial charge >= 0.3 is 0 Å². The zero-order valence-electron chi connectivity index (χ0n) is 15.4. The SMILES string of the molecule is CC1C(NC(=O)c2ccc(Sc3ccccc3C#N)cc2)C2CCN1CC2. The number of rotatable bonds is 4. The van der Waals surface area contributed by atoms with Gasteiger partial charge in [0.15, 0.2) is 0 Å². The molecule has 27 heavy (non-hydrogen) atoms. The van der Waals surface area contributed by atoms with Crippen molar-refractivity contribution in [3.05, 3.63) is 59.7 Å². The predicted octanol–water partition coefficient (Wildman–Crippen LogP) is 3.92. The first-order valence-electron chi connectivity index (χ1n) is 9.47. The number of amides is 1. The normalized spacial score (nSPS) is 26.4. The van der Waals surface area contributed by atoms with Crippen molar-refractivity contribution in [2.24, 2.45) is 5.92 Å². The summed E-state index contributed by atoms with van der Waals surface area (Å²) in [4.78, 5) is 17.2. The van der Waals surface area contributed by atoms with E-state index in [1.54, 1.807) is 11.8 Å². The molecule has 3 fully saturated rings. The molecule has 3 aliphatic heterocycles. The third-order valence-electron chi connectivity index (χ3n) is 5.83. The van der Waals surface area contributed by atoms with Crippen LogP contribution in [0.15, 0.2) is 58.3 Å². The molecule has 2 aromatic carbocycles. The minimum absolute atomic E-state index is 0.00887. The molecule has 0 spiro atoms. The highest BCUT2D eigenvalue weighted by atomic mass is 32.2. The molecule has 1 amide bonds. The van der Waals surface area contributed by atoms with Gasteiger partial charge < -0.3 is 5.32 Å². The molecule has 2 aromatic rings. The van der Waals surface area contributed by atoms with Crippen molar-refractivity contribution < 1.29 is 4.79 Å². The average Bonchev–Trinajstić information content (AvgIpc) is 2.72. The van der Waals surface area contributed by atoms with Crippen molar-refractivity contribution in [1.82, 2.24) is 10.2 Å². The van der Waals surface area contributed by atoms with Gasteiger partial charge in [-0.2, -0.15) is 5.26 Å². The lowest BCUT2D eigenvalue weighted by Crippen LogP contribution is -2.62. The van der Waals surface area contributed by atoms with E-state index in [0.29, 0.717) is 23.1 Å². The molecule has 0 aromatic heterocycles. The number of hydrogen-bond donors (Lipinski definition) is 1. The van der Waals surface area contributed by atoms with Crippen molar-refractivity contribution in [2.45, 2.75) is 41.6 Å². The Morgan fingerprint density at radius 2 is 1.85 bits per heavy atom. The van der Waals surface area contributed by atoms with Gasteiger partial charge in [-0.05, 0) is 75.2 Å². The molecule has 0 saturated carbocycles. The van der Waals surface area contributed by atoms with Crippen LogP contribution < -0.4 is 5.32 Å². The Labute approximate surface area is 164 Å². The van der Waals surface area contributed by atoms with Crippen LogP contribution in [0.5, 0.6) is 0 Å². The van der Waals surface area contributed by atoms with E-state index in [4.69, 9.17) is 0 Å². The largest absolute Gasteiger partial charge is 0.347 e. The molecule has 3 heterocycles. The van der Waals surface area contributed by atoms with Gasteiger partial charge in [-0.25, -0.2) is 0 Å². The van der Waals surface area contributed by atoms with E-state index < -0.39 is 0 Å². The Morgan fingerprint density at radius 3 is 2.52 bits per heavy atom. The standard InChI is InChI=1S/C22H23N3OS/c1-15-21(16-10-12-25(15)13-11-16)24-22(26)17-6-8-19(9-7-17)27-20-5-3-2-4-18(20)14-23/h2-9,15-16,21H,10-13H2,1H3,(H,24,26). The van der Waals surface area contributed by atoms with E-state index in [0.717, 1.165) is 22.9 Å². The monoisotopic (exact) mass is 377 g/mol. The van der Waals surface area contributed by atoms with Crippen molar-refractivity contribution in [3.63, 3.8) is 0 Å². The number of carbonyl (C=O) groups excluding carboxylic acids is 1. The maximum Gasteiger partial charge on any atom is 0.251 e. The lowest BCUT2D eigenvalue weighted by Gasteiger charge is -2.49. The lowest BCUT2D eigenvalue weighted by molar-refractivity contribution is 0.0217. The molecule has 0 aliphatic carbocycles. The van der Waals surface area contributed by atoms with Gasteiger partial charge in [0.25, 0.3) is 5.91 Å².